The van der Waals surface area contributed by atoms with Crippen LogP contribution in [0.4, 0.5) is 11.4 Å². The zero-order valence-corrected chi connectivity index (χ0v) is 27.2. The number of anilines is 2. The molecular weight excluding hydrogens is 540 g/mol. The molecule has 6 heteroatoms. The normalized spacial score (nSPS) is 14.7. The summed E-state index contributed by atoms with van der Waals surface area (Å²) in [5.41, 5.74) is 2.99. The summed E-state index contributed by atoms with van der Waals surface area (Å²) >= 11 is 0. The molecule has 0 radical (unpaired) electrons. The Bertz CT molecular complexity index is 1090. The molecule has 0 bridgehead atoms. The minimum Gasteiger partial charge on any atom is -0.363 e. The van der Waals surface area contributed by atoms with Gasteiger partial charge in [-0.05, 0) is 36.6 Å². The predicted octanol–water partition coefficient (Wildman–Crippen LogP) is 10.9. The molecule has 0 saturated carbocycles. The van der Waals surface area contributed by atoms with Crippen LogP contribution in [0.5, 0.6) is 0 Å². The van der Waals surface area contributed by atoms with Crippen molar-refractivity contribution in [1.29, 1.82) is 0 Å². The van der Waals surface area contributed by atoms with Crippen LogP contribution in [-0.2, 0) is 16.7 Å². The summed E-state index contributed by atoms with van der Waals surface area (Å²) < 4.78 is 32.8. The van der Waals surface area contributed by atoms with Crippen molar-refractivity contribution in [3.05, 3.63) is 54.1 Å². The molecule has 1 aliphatic heterocycles. The van der Waals surface area contributed by atoms with Gasteiger partial charge in [-0.15, -0.1) is 0 Å². The predicted molar refractivity (Wildman–Crippen MR) is 179 cm³/mol. The van der Waals surface area contributed by atoms with E-state index in [2.05, 4.69) is 41.4 Å². The van der Waals surface area contributed by atoms with Gasteiger partial charge in [0.25, 0.3) is 10.1 Å². The minimum atomic E-state index is -4.22. The fourth-order valence-electron chi connectivity index (χ4n) is 6.26. The second-order valence-corrected chi connectivity index (χ2v) is 13.9. The van der Waals surface area contributed by atoms with E-state index in [4.69, 9.17) is 0 Å². The molecule has 0 saturated heterocycles. The summed E-state index contributed by atoms with van der Waals surface area (Å²) in [5.74, 6) is 0. The molecule has 2 aromatic rings. The summed E-state index contributed by atoms with van der Waals surface area (Å²) in [6.07, 6.45) is 28.7. The Labute approximate surface area is 257 Å². The fraction of sp³-hybridized carbons (Fsp3) is 0.667. The molecule has 236 valence electrons. The Hall–Kier alpha value is -2.05. The first-order valence-corrected chi connectivity index (χ1v) is 18.6. The summed E-state index contributed by atoms with van der Waals surface area (Å²) in [7, 11) is -4.22. The van der Waals surface area contributed by atoms with Crippen LogP contribution < -0.4 is 10.2 Å². The number of hydrogen-bond donors (Lipinski definition) is 2. The highest BCUT2D eigenvalue weighted by atomic mass is 32.2. The molecule has 1 aliphatic rings. The molecule has 0 fully saturated rings. The van der Waals surface area contributed by atoms with Gasteiger partial charge in [-0.3, -0.25) is 4.55 Å². The largest absolute Gasteiger partial charge is 0.363 e. The van der Waals surface area contributed by atoms with Crippen molar-refractivity contribution in [1.82, 2.24) is 0 Å². The molecule has 0 spiro atoms. The van der Waals surface area contributed by atoms with E-state index in [0.29, 0.717) is 0 Å². The highest BCUT2D eigenvalue weighted by Crippen LogP contribution is 2.38. The van der Waals surface area contributed by atoms with Crippen molar-refractivity contribution < 1.29 is 13.0 Å². The fourth-order valence-corrected chi connectivity index (χ4v) is 6.77. The molecule has 2 aromatic carbocycles. The van der Waals surface area contributed by atoms with E-state index in [0.717, 1.165) is 30.8 Å². The summed E-state index contributed by atoms with van der Waals surface area (Å²) in [4.78, 5) is 2.27. The molecule has 1 atom stereocenters. The maximum absolute atomic E-state index is 11.7. The van der Waals surface area contributed by atoms with Gasteiger partial charge in [-0.25, -0.2) is 0 Å². The standard InChI is InChI=1S/C36H58N2O3S/c1-2-3-4-5-6-7-8-9-10-11-12-13-14-15-16-17-18-19-20-24-27-36-37-34-30-33(42(39,40)41)28-29-35(34)38(36)31-32-25-22-21-23-26-32/h21-23,25-26,28-30,36-37H,2-20,24,27,31H2,1H3,(H,39,40,41). The number of benzene rings is 2. The molecular formula is C36H58N2O3S. The van der Waals surface area contributed by atoms with Gasteiger partial charge in [0.2, 0.25) is 0 Å². The Morgan fingerprint density at radius 2 is 1.14 bits per heavy atom. The number of nitrogens with zero attached hydrogens (tertiary/aromatic N) is 1. The van der Waals surface area contributed by atoms with Crippen LogP contribution in [0, 0.1) is 0 Å². The smallest absolute Gasteiger partial charge is 0.294 e. The monoisotopic (exact) mass is 598 g/mol. The SMILES string of the molecule is CCCCCCCCCCCCCCCCCCCCCCC1Nc2cc(S(=O)(=O)O)ccc2N1Cc1ccccc1. The lowest BCUT2D eigenvalue weighted by molar-refractivity contribution is 0.483. The summed E-state index contributed by atoms with van der Waals surface area (Å²) in [5, 5.41) is 3.53. The molecule has 42 heavy (non-hydrogen) atoms. The third kappa shape index (κ3) is 13.1. The lowest BCUT2D eigenvalue weighted by Crippen LogP contribution is -2.35. The van der Waals surface area contributed by atoms with Crippen LogP contribution in [0.3, 0.4) is 0 Å². The zero-order chi connectivity index (χ0) is 29.9. The van der Waals surface area contributed by atoms with Crippen LogP contribution in [0.25, 0.3) is 0 Å². The van der Waals surface area contributed by atoms with Gasteiger partial charge >= 0.3 is 0 Å². The molecule has 1 unspecified atom stereocenters. The van der Waals surface area contributed by atoms with Gasteiger partial charge < -0.3 is 10.2 Å². The van der Waals surface area contributed by atoms with Crippen LogP contribution in [-0.4, -0.2) is 19.1 Å². The van der Waals surface area contributed by atoms with Gasteiger partial charge in [0.1, 0.15) is 0 Å². The van der Waals surface area contributed by atoms with Crippen LogP contribution >= 0.6 is 0 Å². The van der Waals surface area contributed by atoms with Crippen molar-refractivity contribution >= 4 is 21.5 Å². The number of rotatable bonds is 24. The van der Waals surface area contributed by atoms with E-state index >= 15 is 0 Å². The molecule has 3 rings (SSSR count). The molecule has 5 nitrogen and oxygen atoms in total. The van der Waals surface area contributed by atoms with Crippen molar-refractivity contribution in [3.8, 4) is 0 Å². The summed E-state index contributed by atoms with van der Waals surface area (Å²) in [6, 6.07) is 15.2. The molecule has 0 aromatic heterocycles. The highest BCUT2D eigenvalue weighted by Gasteiger charge is 2.29. The minimum absolute atomic E-state index is 0.0622. The lowest BCUT2D eigenvalue weighted by atomic mass is 10.0. The van der Waals surface area contributed by atoms with E-state index in [-0.39, 0.29) is 11.1 Å². The average Bonchev–Trinajstić information content (AvgIpc) is 3.32. The average molecular weight is 599 g/mol. The maximum Gasteiger partial charge on any atom is 0.294 e. The third-order valence-corrected chi connectivity index (χ3v) is 9.65. The second kappa shape index (κ2) is 20.0. The first-order chi connectivity index (χ1) is 20.5. The first-order valence-electron chi connectivity index (χ1n) is 17.2. The van der Waals surface area contributed by atoms with Gasteiger partial charge in [0, 0.05) is 6.54 Å². The van der Waals surface area contributed by atoms with Crippen molar-refractivity contribution in [2.75, 3.05) is 10.2 Å². The van der Waals surface area contributed by atoms with Gasteiger partial charge in [-0.1, -0.05) is 159 Å². The van der Waals surface area contributed by atoms with E-state index in [9.17, 15) is 13.0 Å². The number of nitrogens with one attached hydrogen (secondary N) is 1. The van der Waals surface area contributed by atoms with E-state index in [1.807, 2.05) is 12.1 Å². The Balaban J connectivity index is 1.22. The summed E-state index contributed by atoms with van der Waals surface area (Å²) in [6.45, 7) is 3.05. The maximum atomic E-state index is 11.7. The van der Waals surface area contributed by atoms with Gasteiger partial charge in [0.05, 0.1) is 22.4 Å². The molecule has 1 heterocycles. The van der Waals surface area contributed by atoms with E-state index in [1.54, 1.807) is 6.07 Å². The molecule has 2 N–H and O–H groups in total. The van der Waals surface area contributed by atoms with Gasteiger partial charge in [-0.2, -0.15) is 8.42 Å². The van der Waals surface area contributed by atoms with E-state index in [1.165, 1.54) is 134 Å². The Morgan fingerprint density at radius 3 is 1.62 bits per heavy atom. The lowest BCUT2D eigenvalue weighted by Gasteiger charge is -2.27. The van der Waals surface area contributed by atoms with Crippen molar-refractivity contribution in [3.63, 3.8) is 0 Å². The van der Waals surface area contributed by atoms with Crippen LogP contribution in [0.1, 0.15) is 147 Å². The number of unbranched alkanes of at least 4 members (excludes halogenated alkanes) is 19. The molecule has 0 amide bonds. The Morgan fingerprint density at radius 1 is 0.667 bits per heavy atom. The van der Waals surface area contributed by atoms with E-state index < -0.39 is 10.1 Å². The van der Waals surface area contributed by atoms with Crippen molar-refractivity contribution in [2.45, 2.75) is 159 Å². The number of fused-ring (bicyclic) bond motifs is 1. The third-order valence-electron chi connectivity index (χ3n) is 8.80. The van der Waals surface area contributed by atoms with Crippen LogP contribution in [0.2, 0.25) is 0 Å². The zero-order valence-electron chi connectivity index (χ0n) is 26.4. The first kappa shape index (κ1) is 34.4. The van der Waals surface area contributed by atoms with Gasteiger partial charge in [0.15, 0.2) is 0 Å². The molecule has 0 aliphatic carbocycles. The van der Waals surface area contributed by atoms with Crippen LogP contribution in [0.15, 0.2) is 53.4 Å². The van der Waals surface area contributed by atoms with Crippen molar-refractivity contribution in [2.24, 2.45) is 0 Å². The number of hydrogen-bond acceptors (Lipinski definition) is 4. The topological polar surface area (TPSA) is 69.6 Å². The second-order valence-electron chi connectivity index (χ2n) is 12.4. The Kier molecular flexibility index (Phi) is 16.4. The quantitative estimate of drug-likeness (QED) is 0.0929. The highest BCUT2D eigenvalue weighted by molar-refractivity contribution is 7.85.